The van der Waals surface area contributed by atoms with Crippen LogP contribution in [0, 0.1) is 11.6 Å². The summed E-state index contributed by atoms with van der Waals surface area (Å²) in [6.45, 7) is 4.37. The summed E-state index contributed by atoms with van der Waals surface area (Å²) in [4.78, 5) is 20.1. The number of morpholine rings is 1. The van der Waals surface area contributed by atoms with Gasteiger partial charge < -0.3 is 14.2 Å². The number of carbonyl (C=O) groups is 1. The van der Waals surface area contributed by atoms with E-state index < -0.39 is 11.6 Å². The Kier molecular flexibility index (Phi) is 6.57. The molecule has 0 N–H and O–H groups in total. The van der Waals surface area contributed by atoms with Crippen LogP contribution in [0.4, 0.5) is 8.78 Å². The van der Waals surface area contributed by atoms with Crippen molar-refractivity contribution in [1.82, 2.24) is 9.88 Å². The fourth-order valence-electron chi connectivity index (χ4n) is 4.42. The second kappa shape index (κ2) is 9.93. The number of ketones is 1. The van der Waals surface area contributed by atoms with Crippen LogP contribution in [-0.2, 0) is 4.74 Å². The Hall–Kier alpha value is -3.62. The third-order valence-electron chi connectivity index (χ3n) is 6.20. The van der Waals surface area contributed by atoms with Gasteiger partial charge in [-0.1, -0.05) is 0 Å². The Bertz CT molecular complexity index is 1280. The average molecular weight is 478 g/mol. The molecule has 1 aliphatic heterocycles. The first-order chi connectivity index (χ1) is 17.0. The summed E-state index contributed by atoms with van der Waals surface area (Å²) in [6.07, 6.45) is 1.51. The Balaban J connectivity index is 1.49. The second-order valence-electron chi connectivity index (χ2n) is 8.30. The first kappa shape index (κ1) is 23.1. The van der Waals surface area contributed by atoms with Gasteiger partial charge in [-0.3, -0.25) is 9.69 Å². The Morgan fingerprint density at radius 1 is 0.971 bits per heavy atom. The van der Waals surface area contributed by atoms with E-state index in [4.69, 9.17) is 14.2 Å². The normalized spacial score (nSPS) is 15.9. The summed E-state index contributed by atoms with van der Waals surface area (Å²) < 4.78 is 44.9. The van der Waals surface area contributed by atoms with Crippen LogP contribution in [0.5, 0.6) is 11.6 Å². The number of benzene rings is 2. The molecular weight excluding hydrogens is 454 g/mol. The summed E-state index contributed by atoms with van der Waals surface area (Å²) >= 11 is 0. The average Bonchev–Trinajstić information content (AvgIpc) is 3.16. The number of halogens is 2. The van der Waals surface area contributed by atoms with Crippen LogP contribution in [0.25, 0.3) is 11.1 Å². The number of carbonyl (C=O) groups excluding carboxylic acids is 1. The maximum absolute atomic E-state index is 14.9. The van der Waals surface area contributed by atoms with Crippen molar-refractivity contribution in [2.24, 2.45) is 0 Å². The van der Waals surface area contributed by atoms with Crippen LogP contribution in [0.2, 0.25) is 0 Å². The van der Waals surface area contributed by atoms with E-state index in [0.717, 1.165) is 25.7 Å². The third-order valence-corrected chi connectivity index (χ3v) is 6.20. The molecule has 180 valence electrons. The predicted octanol–water partition coefficient (Wildman–Crippen LogP) is 4.23. The number of nitrogens with zero attached hydrogens (tertiary/aromatic N) is 2. The lowest BCUT2D eigenvalue weighted by atomic mass is 9.94. The summed E-state index contributed by atoms with van der Waals surface area (Å²) in [5.41, 5.74) is 2.32. The van der Waals surface area contributed by atoms with E-state index in [-0.39, 0.29) is 11.3 Å². The van der Waals surface area contributed by atoms with Crippen molar-refractivity contribution in [3.8, 4) is 11.6 Å². The highest BCUT2D eigenvalue weighted by atomic mass is 19.1. The highest BCUT2D eigenvalue weighted by Gasteiger charge is 2.33. The Labute approximate surface area is 201 Å². The smallest absolute Gasteiger partial charge is 0.212 e. The standard InChI is InChI=1S/C27H24F2N2O4/c1-33-24-7-2-17(16-30-24)25-26(21-5-3-18(28)14-23(21)29)20-6-4-19(15-22(20)27(25)32)35-13-10-31-8-11-34-12-9-31/h2-7,14-16H,8-13H2,1H3. The van der Waals surface area contributed by atoms with Gasteiger partial charge in [-0.2, -0.15) is 0 Å². The molecule has 0 radical (unpaired) electrons. The molecule has 0 unspecified atom stereocenters. The highest BCUT2D eigenvalue weighted by molar-refractivity contribution is 6.41. The van der Waals surface area contributed by atoms with E-state index in [1.165, 1.54) is 25.4 Å². The van der Waals surface area contributed by atoms with Gasteiger partial charge in [0.1, 0.15) is 24.0 Å². The fourth-order valence-corrected chi connectivity index (χ4v) is 4.42. The van der Waals surface area contributed by atoms with E-state index >= 15 is 0 Å². The zero-order chi connectivity index (χ0) is 24.4. The molecule has 1 aliphatic carbocycles. The Morgan fingerprint density at radius 2 is 1.77 bits per heavy atom. The molecule has 1 fully saturated rings. The van der Waals surface area contributed by atoms with E-state index in [0.29, 0.717) is 59.3 Å². The van der Waals surface area contributed by atoms with Crippen molar-refractivity contribution >= 4 is 16.9 Å². The van der Waals surface area contributed by atoms with Crippen molar-refractivity contribution in [2.75, 3.05) is 46.6 Å². The molecule has 5 rings (SSSR count). The first-order valence-electron chi connectivity index (χ1n) is 11.4. The van der Waals surface area contributed by atoms with E-state index in [2.05, 4.69) is 9.88 Å². The molecule has 2 heterocycles. The summed E-state index contributed by atoms with van der Waals surface area (Å²) in [6, 6.07) is 11.9. The van der Waals surface area contributed by atoms with E-state index in [1.807, 2.05) is 0 Å². The summed E-state index contributed by atoms with van der Waals surface area (Å²) in [5.74, 6) is -0.760. The molecule has 6 nitrogen and oxygen atoms in total. The molecule has 1 saturated heterocycles. The number of hydrogen-bond donors (Lipinski definition) is 0. The second-order valence-corrected chi connectivity index (χ2v) is 8.30. The van der Waals surface area contributed by atoms with Crippen molar-refractivity contribution in [3.05, 3.63) is 88.6 Å². The van der Waals surface area contributed by atoms with Crippen molar-refractivity contribution < 1.29 is 27.8 Å². The minimum atomic E-state index is -0.745. The maximum Gasteiger partial charge on any atom is 0.212 e. The van der Waals surface area contributed by atoms with Gasteiger partial charge in [-0.15, -0.1) is 0 Å². The number of ether oxygens (including phenoxy) is 3. The summed E-state index contributed by atoms with van der Waals surface area (Å²) in [7, 11) is 1.50. The molecule has 8 heteroatoms. The molecular formula is C27H24F2N2O4. The lowest BCUT2D eigenvalue weighted by Crippen LogP contribution is -2.38. The van der Waals surface area contributed by atoms with Gasteiger partial charge in [-0.05, 0) is 42.0 Å². The van der Waals surface area contributed by atoms with Crippen molar-refractivity contribution in [1.29, 1.82) is 0 Å². The molecule has 35 heavy (non-hydrogen) atoms. The van der Waals surface area contributed by atoms with Crippen molar-refractivity contribution in [3.63, 3.8) is 0 Å². The minimum absolute atomic E-state index is 0.144. The van der Waals surface area contributed by atoms with E-state index in [1.54, 1.807) is 30.3 Å². The summed E-state index contributed by atoms with van der Waals surface area (Å²) in [5, 5.41) is 0. The molecule has 0 saturated carbocycles. The minimum Gasteiger partial charge on any atom is -0.492 e. The van der Waals surface area contributed by atoms with Gasteiger partial charge in [0.15, 0.2) is 5.78 Å². The number of Topliss-reactive ketones (excluding diaryl/α,β-unsaturated/α-hetero) is 1. The Morgan fingerprint density at radius 3 is 2.49 bits per heavy atom. The predicted molar refractivity (Wildman–Crippen MR) is 127 cm³/mol. The number of allylic oxidation sites excluding steroid dienone is 1. The lowest BCUT2D eigenvalue weighted by molar-refractivity contribution is 0.0322. The zero-order valence-corrected chi connectivity index (χ0v) is 19.2. The first-order valence-corrected chi connectivity index (χ1v) is 11.4. The van der Waals surface area contributed by atoms with Gasteiger partial charge in [0.05, 0.1) is 20.3 Å². The highest BCUT2D eigenvalue weighted by Crippen LogP contribution is 2.44. The molecule has 2 aliphatic rings. The van der Waals surface area contributed by atoms with Crippen molar-refractivity contribution in [2.45, 2.75) is 0 Å². The molecule has 0 bridgehead atoms. The maximum atomic E-state index is 14.9. The van der Waals surface area contributed by atoms with Crippen LogP contribution in [0.1, 0.15) is 27.0 Å². The molecule has 0 amide bonds. The zero-order valence-electron chi connectivity index (χ0n) is 19.2. The number of rotatable bonds is 7. The molecule has 0 atom stereocenters. The lowest BCUT2D eigenvalue weighted by Gasteiger charge is -2.26. The number of hydrogen-bond acceptors (Lipinski definition) is 6. The fraction of sp³-hybridized carbons (Fsp3) is 0.259. The molecule has 3 aromatic rings. The SMILES string of the molecule is COc1ccc(C2=C(c3ccc(F)cc3F)c3ccc(OCCN4CCOCC4)cc3C2=O)cn1. The number of pyridine rings is 1. The number of fused-ring (bicyclic) bond motifs is 1. The third kappa shape index (κ3) is 4.67. The van der Waals surface area contributed by atoms with Crippen LogP contribution < -0.4 is 9.47 Å². The van der Waals surface area contributed by atoms with Gasteiger partial charge >= 0.3 is 0 Å². The van der Waals surface area contributed by atoms with Gasteiger partial charge in [0.2, 0.25) is 5.88 Å². The molecule has 1 aromatic heterocycles. The number of aromatic nitrogens is 1. The van der Waals surface area contributed by atoms with Gasteiger partial charge in [-0.25, -0.2) is 13.8 Å². The van der Waals surface area contributed by atoms with Crippen LogP contribution in [0.15, 0.2) is 54.7 Å². The van der Waals surface area contributed by atoms with Crippen LogP contribution >= 0.6 is 0 Å². The monoisotopic (exact) mass is 478 g/mol. The molecule has 0 spiro atoms. The largest absolute Gasteiger partial charge is 0.492 e. The topological polar surface area (TPSA) is 60.9 Å². The number of methoxy groups -OCH3 is 1. The van der Waals surface area contributed by atoms with Gasteiger partial charge in [0, 0.05) is 65.8 Å². The quantitative estimate of drug-likeness (QED) is 0.507. The van der Waals surface area contributed by atoms with E-state index in [9.17, 15) is 13.6 Å². The van der Waals surface area contributed by atoms with Crippen LogP contribution in [-0.4, -0.2) is 62.2 Å². The molecule has 2 aromatic carbocycles. The van der Waals surface area contributed by atoms with Gasteiger partial charge in [0.25, 0.3) is 0 Å². The van der Waals surface area contributed by atoms with Crippen LogP contribution in [0.3, 0.4) is 0 Å².